The van der Waals surface area contributed by atoms with Crippen LogP contribution in [0, 0.1) is 16.6 Å². The zero-order valence-electron chi connectivity index (χ0n) is 15.5. The van der Waals surface area contributed by atoms with Gasteiger partial charge in [0.25, 0.3) is 5.56 Å². The molecule has 7 heteroatoms. The summed E-state index contributed by atoms with van der Waals surface area (Å²) in [5.41, 5.74) is 1.69. The maximum Gasteiger partial charge on any atom is 0.262 e. The van der Waals surface area contributed by atoms with Crippen molar-refractivity contribution in [3.05, 3.63) is 63.5 Å². The molecule has 1 aromatic carbocycles. The fourth-order valence-electron chi connectivity index (χ4n) is 3.96. The van der Waals surface area contributed by atoms with E-state index in [0.29, 0.717) is 29.2 Å². The molecular weight excluding hydrogens is 374 g/mol. The lowest BCUT2D eigenvalue weighted by Crippen LogP contribution is -2.34. The van der Waals surface area contributed by atoms with Crippen LogP contribution in [0.2, 0.25) is 0 Å². The molecule has 2 heterocycles. The van der Waals surface area contributed by atoms with E-state index < -0.39 is 0 Å². The van der Waals surface area contributed by atoms with E-state index in [-0.39, 0.29) is 17.4 Å². The number of nitrogens with zero attached hydrogens (tertiary/aromatic N) is 1. The first-order valence-corrected chi connectivity index (χ1v) is 10.0. The van der Waals surface area contributed by atoms with Gasteiger partial charge in [-0.15, -0.1) is 0 Å². The Hall–Kier alpha value is -2.67. The third-order valence-corrected chi connectivity index (χ3v) is 5.92. The van der Waals surface area contributed by atoms with E-state index in [1.807, 2.05) is 30.3 Å². The van der Waals surface area contributed by atoms with Gasteiger partial charge in [-0.3, -0.25) is 14.2 Å². The number of fused-ring (bicyclic) bond motifs is 1. The zero-order valence-corrected chi connectivity index (χ0v) is 16.3. The number of aromatic amines is 1. The highest BCUT2D eigenvalue weighted by Gasteiger charge is 2.26. The third kappa shape index (κ3) is 3.94. The Bertz CT molecular complexity index is 1080. The third-order valence-electron chi connectivity index (χ3n) is 5.59. The average Bonchev–Trinajstić information content (AvgIpc) is 3.23. The summed E-state index contributed by atoms with van der Waals surface area (Å²) in [7, 11) is 0. The van der Waals surface area contributed by atoms with Gasteiger partial charge in [0.15, 0.2) is 4.77 Å². The molecule has 6 nitrogen and oxygen atoms in total. The van der Waals surface area contributed by atoms with Gasteiger partial charge in [-0.2, -0.15) is 0 Å². The largest absolute Gasteiger partial charge is 0.472 e. The van der Waals surface area contributed by atoms with Crippen LogP contribution < -0.4 is 10.9 Å². The van der Waals surface area contributed by atoms with Crippen molar-refractivity contribution in [2.45, 2.75) is 38.8 Å². The summed E-state index contributed by atoms with van der Waals surface area (Å²) < 4.78 is 7.15. The van der Waals surface area contributed by atoms with Crippen molar-refractivity contribution in [3.63, 3.8) is 0 Å². The number of benzene rings is 1. The van der Waals surface area contributed by atoms with Crippen LogP contribution in [0.15, 0.2) is 52.1 Å². The van der Waals surface area contributed by atoms with Crippen molar-refractivity contribution >= 4 is 29.0 Å². The van der Waals surface area contributed by atoms with Crippen LogP contribution in [0.4, 0.5) is 0 Å². The number of para-hydroxylation sites is 1. The highest BCUT2D eigenvalue weighted by atomic mass is 32.1. The van der Waals surface area contributed by atoms with Gasteiger partial charge in [0, 0.05) is 24.6 Å². The number of rotatable bonds is 5. The normalized spacial score (nSPS) is 19.6. The van der Waals surface area contributed by atoms with Crippen molar-refractivity contribution in [1.29, 1.82) is 0 Å². The van der Waals surface area contributed by atoms with Gasteiger partial charge in [0.05, 0.1) is 23.4 Å². The number of carbonyl (C=O) groups excluding carboxylic acids is 1. The SMILES string of the molecule is O=C(NCc1ccoc1)C1CCC(Cn2c(=S)[nH]c3ccccc3c2=O)CC1. The number of amides is 1. The Morgan fingerprint density at radius 3 is 2.75 bits per heavy atom. The average molecular weight is 398 g/mol. The molecule has 2 N–H and O–H groups in total. The molecule has 0 saturated heterocycles. The second-order valence-electron chi connectivity index (χ2n) is 7.46. The van der Waals surface area contributed by atoms with E-state index in [2.05, 4.69) is 10.3 Å². The summed E-state index contributed by atoms with van der Waals surface area (Å²) >= 11 is 5.41. The topological polar surface area (TPSA) is 80.0 Å². The molecule has 28 heavy (non-hydrogen) atoms. The van der Waals surface area contributed by atoms with Crippen LogP contribution in [0.1, 0.15) is 31.2 Å². The molecule has 146 valence electrons. The van der Waals surface area contributed by atoms with Crippen LogP contribution in [0.25, 0.3) is 10.9 Å². The van der Waals surface area contributed by atoms with Gasteiger partial charge in [-0.25, -0.2) is 0 Å². The van der Waals surface area contributed by atoms with Crippen LogP contribution >= 0.6 is 12.2 Å². The van der Waals surface area contributed by atoms with E-state index in [9.17, 15) is 9.59 Å². The minimum atomic E-state index is -0.0423. The monoisotopic (exact) mass is 397 g/mol. The first kappa shape index (κ1) is 18.7. The number of nitrogens with one attached hydrogen (secondary N) is 2. The highest BCUT2D eigenvalue weighted by Crippen LogP contribution is 2.30. The molecule has 1 fully saturated rings. The first-order chi connectivity index (χ1) is 13.6. The molecule has 1 aliphatic carbocycles. The van der Waals surface area contributed by atoms with Gasteiger partial charge in [-0.05, 0) is 62.0 Å². The molecule has 1 saturated carbocycles. The molecule has 0 unspecified atom stereocenters. The maximum absolute atomic E-state index is 12.8. The van der Waals surface area contributed by atoms with Crippen molar-refractivity contribution in [2.75, 3.05) is 0 Å². The van der Waals surface area contributed by atoms with Gasteiger partial charge in [0.2, 0.25) is 5.91 Å². The number of aromatic nitrogens is 2. The fraction of sp³-hybridized carbons (Fsp3) is 0.381. The van der Waals surface area contributed by atoms with Gasteiger partial charge < -0.3 is 14.7 Å². The Morgan fingerprint density at radius 1 is 1.21 bits per heavy atom. The molecule has 1 amide bonds. The number of furan rings is 1. The van der Waals surface area contributed by atoms with Crippen molar-refractivity contribution in [3.8, 4) is 0 Å². The molecule has 0 atom stereocenters. The molecule has 3 aromatic rings. The van der Waals surface area contributed by atoms with Crippen molar-refractivity contribution < 1.29 is 9.21 Å². The van der Waals surface area contributed by atoms with Crippen molar-refractivity contribution in [2.24, 2.45) is 11.8 Å². The van der Waals surface area contributed by atoms with Crippen LogP contribution in [0.5, 0.6) is 0 Å². The summed E-state index contributed by atoms with van der Waals surface area (Å²) in [6, 6.07) is 9.28. The first-order valence-electron chi connectivity index (χ1n) is 9.62. The Kier molecular flexibility index (Phi) is 5.43. The van der Waals surface area contributed by atoms with Gasteiger partial charge in [0.1, 0.15) is 0 Å². The smallest absolute Gasteiger partial charge is 0.262 e. The van der Waals surface area contributed by atoms with Gasteiger partial charge >= 0.3 is 0 Å². The predicted octanol–water partition coefficient (Wildman–Crippen LogP) is 3.77. The number of hydrogen-bond acceptors (Lipinski definition) is 4. The standard InChI is InChI=1S/C21H23N3O3S/c25-19(22-11-15-9-10-27-13-15)16-7-5-14(6-8-16)12-24-20(26)17-3-1-2-4-18(17)23-21(24)28/h1-4,9-10,13-14,16H,5-8,11-12H2,(H,22,25)(H,23,28). The Balaban J connectivity index is 1.37. The summed E-state index contributed by atoms with van der Waals surface area (Å²) in [6.07, 6.45) is 6.74. The minimum Gasteiger partial charge on any atom is -0.472 e. The summed E-state index contributed by atoms with van der Waals surface area (Å²) in [6.45, 7) is 1.10. The predicted molar refractivity (Wildman–Crippen MR) is 109 cm³/mol. The number of hydrogen-bond donors (Lipinski definition) is 2. The van der Waals surface area contributed by atoms with Crippen molar-refractivity contribution in [1.82, 2.24) is 14.9 Å². The van der Waals surface area contributed by atoms with E-state index >= 15 is 0 Å². The van der Waals surface area contributed by atoms with E-state index in [0.717, 1.165) is 36.8 Å². The molecule has 1 aliphatic rings. The van der Waals surface area contributed by atoms with E-state index in [1.165, 1.54) is 0 Å². The molecular formula is C21H23N3O3S. The molecule has 0 bridgehead atoms. The molecule has 0 radical (unpaired) electrons. The summed E-state index contributed by atoms with van der Waals surface area (Å²) in [4.78, 5) is 28.3. The lowest BCUT2D eigenvalue weighted by molar-refractivity contribution is -0.126. The summed E-state index contributed by atoms with van der Waals surface area (Å²) in [5.74, 6) is 0.484. The maximum atomic E-state index is 12.8. The number of H-pyrrole nitrogens is 1. The second-order valence-corrected chi connectivity index (χ2v) is 7.85. The Labute approximate surface area is 167 Å². The quantitative estimate of drug-likeness (QED) is 0.642. The lowest BCUT2D eigenvalue weighted by Gasteiger charge is -2.28. The molecule has 0 spiro atoms. The van der Waals surface area contributed by atoms with Crippen LogP contribution in [-0.2, 0) is 17.9 Å². The zero-order chi connectivity index (χ0) is 19.5. The second kappa shape index (κ2) is 8.14. The minimum absolute atomic E-state index is 0.0333. The molecule has 4 rings (SSSR count). The fourth-order valence-corrected chi connectivity index (χ4v) is 4.22. The summed E-state index contributed by atoms with van der Waals surface area (Å²) in [5, 5.41) is 3.64. The van der Waals surface area contributed by atoms with Crippen LogP contribution in [0.3, 0.4) is 0 Å². The van der Waals surface area contributed by atoms with E-state index in [1.54, 1.807) is 17.1 Å². The lowest BCUT2D eigenvalue weighted by atomic mass is 9.81. The van der Waals surface area contributed by atoms with E-state index in [4.69, 9.17) is 16.6 Å². The van der Waals surface area contributed by atoms with Crippen LogP contribution in [-0.4, -0.2) is 15.5 Å². The molecule has 0 aliphatic heterocycles. The number of carbonyl (C=O) groups is 1. The highest BCUT2D eigenvalue weighted by molar-refractivity contribution is 7.71. The Morgan fingerprint density at radius 2 is 2.00 bits per heavy atom. The van der Waals surface area contributed by atoms with Gasteiger partial charge in [-0.1, -0.05) is 12.1 Å². The molecule has 2 aromatic heterocycles.